The molecule has 0 unspecified atom stereocenters. The molecule has 1 aromatic carbocycles. The maximum Gasteiger partial charge on any atom is 0.338 e. The van der Waals surface area contributed by atoms with Crippen LogP contribution in [0.15, 0.2) is 24.3 Å². The average Bonchev–Trinajstić information content (AvgIpc) is 2.33. The van der Waals surface area contributed by atoms with Crippen LogP contribution in [-0.2, 0) is 13.6 Å². The number of carbonyl (C=O) groups excluding carboxylic acids is 1. The molecule has 0 aliphatic carbocycles. The number of nitrogens with one attached hydrogen (secondary N) is 1. The Kier molecular flexibility index (Phi) is 6.35. The molecule has 1 N–H and O–H groups in total. The SMILES string of the molecule is CC(C)OC(=O)c1ccc(NCCSS(C)(=O)=O)cc1. The molecular weight excluding hydrogens is 298 g/mol. The van der Waals surface area contributed by atoms with Crippen molar-refractivity contribution in [3.63, 3.8) is 0 Å². The van der Waals surface area contributed by atoms with E-state index in [9.17, 15) is 13.2 Å². The van der Waals surface area contributed by atoms with E-state index in [1.54, 1.807) is 38.1 Å². The van der Waals surface area contributed by atoms with Gasteiger partial charge in [-0.05, 0) is 48.9 Å². The van der Waals surface area contributed by atoms with Crippen molar-refractivity contribution in [1.82, 2.24) is 0 Å². The van der Waals surface area contributed by atoms with Crippen molar-refractivity contribution in [2.75, 3.05) is 23.9 Å². The van der Waals surface area contributed by atoms with Crippen LogP contribution in [0.2, 0.25) is 0 Å². The lowest BCUT2D eigenvalue weighted by Gasteiger charge is -2.09. The Morgan fingerprint density at radius 3 is 2.40 bits per heavy atom. The second kappa shape index (κ2) is 7.54. The summed E-state index contributed by atoms with van der Waals surface area (Å²) in [5, 5.41) is 3.09. The van der Waals surface area contributed by atoms with Crippen molar-refractivity contribution in [3.05, 3.63) is 29.8 Å². The fourth-order valence-electron chi connectivity index (χ4n) is 1.39. The summed E-state index contributed by atoms with van der Waals surface area (Å²) < 4.78 is 27.0. The molecule has 5 nitrogen and oxygen atoms in total. The van der Waals surface area contributed by atoms with Crippen LogP contribution < -0.4 is 5.32 Å². The number of benzene rings is 1. The van der Waals surface area contributed by atoms with Crippen LogP contribution in [0.25, 0.3) is 0 Å². The number of hydrogen-bond acceptors (Lipinski definition) is 6. The molecule has 1 aromatic rings. The first-order valence-corrected chi connectivity index (χ1v) is 9.56. The molecule has 0 bridgehead atoms. The van der Waals surface area contributed by atoms with Crippen molar-refractivity contribution in [1.29, 1.82) is 0 Å². The lowest BCUT2D eigenvalue weighted by atomic mass is 10.2. The molecule has 1 rings (SSSR count). The number of hydrogen-bond donors (Lipinski definition) is 1. The van der Waals surface area contributed by atoms with Gasteiger partial charge < -0.3 is 10.1 Å². The maximum atomic E-state index is 11.6. The third kappa shape index (κ3) is 6.81. The van der Waals surface area contributed by atoms with Gasteiger partial charge in [0.1, 0.15) is 0 Å². The Hall–Kier alpha value is -1.21. The van der Waals surface area contributed by atoms with Gasteiger partial charge in [-0.25, -0.2) is 13.2 Å². The molecule has 0 radical (unpaired) electrons. The molecule has 112 valence electrons. The molecule has 0 aliphatic rings. The van der Waals surface area contributed by atoms with E-state index in [2.05, 4.69) is 5.32 Å². The fourth-order valence-corrected chi connectivity index (χ4v) is 3.04. The van der Waals surface area contributed by atoms with Crippen LogP contribution in [0.1, 0.15) is 24.2 Å². The lowest BCUT2D eigenvalue weighted by molar-refractivity contribution is 0.0378. The summed E-state index contributed by atoms with van der Waals surface area (Å²) in [6.45, 7) is 4.13. The zero-order valence-electron chi connectivity index (χ0n) is 11.8. The Morgan fingerprint density at radius 1 is 1.30 bits per heavy atom. The molecular formula is C13H19NO4S2. The number of ether oxygens (including phenoxy) is 1. The highest BCUT2D eigenvalue weighted by atomic mass is 33.1. The van der Waals surface area contributed by atoms with Gasteiger partial charge in [-0.15, -0.1) is 0 Å². The average molecular weight is 317 g/mol. The maximum absolute atomic E-state index is 11.6. The molecule has 0 heterocycles. The highest BCUT2D eigenvalue weighted by Crippen LogP contribution is 2.13. The van der Waals surface area contributed by atoms with Gasteiger partial charge in [-0.2, -0.15) is 0 Å². The minimum absolute atomic E-state index is 0.145. The van der Waals surface area contributed by atoms with Gasteiger partial charge in [0, 0.05) is 24.2 Å². The summed E-state index contributed by atoms with van der Waals surface area (Å²) in [5.74, 6) is 0.120. The Balaban J connectivity index is 2.45. The number of esters is 1. The zero-order chi connectivity index (χ0) is 15.2. The van der Waals surface area contributed by atoms with Gasteiger partial charge in [0.25, 0.3) is 0 Å². The zero-order valence-corrected chi connectivity index (χ0v) is 13.4. The molecule has 0 aromatic heterocycles. The minimum atomic E-state index is -2.99. The second-order valence-corrected chi connectivity index (χ2v) is 9.06. The van der Waals surface area contributed by atoms with Gasteiger partial charge in [0.15, 0.2) is 8.87 Å². The Bertz CT molecular complexity index is 538. The predicted molar refractivity (Wildman–Crippen MR) is 82.8 cm³/mol. The highest BCUT2D eigenvalue weighted by Gasteiger charge is 2.08. The first-order valence-electron chi connectivity index (χ1n) is 6.17. The predicted octanol–water partition coefficient (Wildman–Crippen LogP) is 2.36. The van der Waals surface area contributed by atoms with E-state index in [4.69, 9.17) is 4.74 Å². The van der Waals surface area contributed by atoms with Crippen LogP contribution in [0.3, 0.4) is 0 Å². The smallest absolute Gasteiger partial charge is 0.338 e. The van der Waals surface area contributed by atoms with E-state index in [0.29, 0.717) is 17.9 Å². The van der Waals surface area contributed by atoms with Crippen molar-refractivity contribution < 1.29 is 17.9 Å². The van der Waals surface area contributed by atoms with E-state index >= 15 is 0 Å². The standard InChI is InChI=1S/C13H19NO4S2/c1-10(2)18-13(15)11-4-6-12(7-5-11)14-8-9-19-20(3,16)17/h4-7,10,14H,8-9H2,1-3H3. The van der Waals surface area contributed by atoms with E-state index < -0.39 is 8.87 Å². The monoisotopic (exact) mass is 317 g/mol. The summed E-state index contributed by atoms with van der Waals surface area (Å²) in [5.41, 5.74) is 1.33. The van der Waals surface area contributed by atoms with E-state index in [1.807, 2.05) is 0 Å². The molecule has 20 heavy (non-hydrogen) atoms. The first-order chi connectivity index (χ1) is 9.28. The largest absolute Gasteiger partial charge is 0.459 e. The molecule has 0 saturated heterocycles. The number of carbonyl (C=O) groups is 1. The third-order valence-corrected chi connectivity index (χ3v) is 4.78. The fraction of sp³-hybridized carbons (Fsp3) is 0.462. The van der Waals surface area contributed by atoms with Crippen molar-refractivity contribution in [2.24, 2.45) is 0 Å². The van der Waals surface area contributed by atoms with E-state index in [-0.39, 0.29) is 12.1 Å². The van der Waals surface area contributed by atoms with Gasteiger partial charge in [-0.1, -0.05) is 0 Å². The summed E-state index contributed by atoms with van der Waals surface area (Å²) in [4.78, 5) is 11.6. The van der Waals surface area contributed by atoms with E-state index in [1.165, 1.54) is 6.26 Å². The van der Waals surface area contributed by atoms with Crippen molar-refractivity contribution in [3.8, 4) is 0 Å². The molecule has 0 spiro atoms. The van der Waals surface area contributed by atoms with E-state index in [0.717, 1.165) is 16.5 Å². The molecule has 0 saturated carbocycles. The lowest BCUT2D eigenvalue weighted by Crippen LogP contribution is -2.11. The second-order valence-electron chi connectivity index (χ2n) is 4.48. The van der Waals surface area contributed by atoms with Gasteiger partial charge in [0.2, 0.25) is 0 Å². The van der Waals surface area contributed by atoms with Crippen LogP contribution in [0.5, 0.6) is 0 Å². The molecule has 7 heteroatoms. The summed E-state index contributed by atoms with van der Waals surface area (Å²) in [6.07, 6.45) is 1.04. The third-order valence-electron chi connectivity index (χ3n) is 2.19. The molecule has 0 fully saturated rings. The van der Waals surface area contributed by atoms with Crippen molar-refractivity contribution in [2.45, 2.75) is 20.0 Å². The summed E-state index contributed by atoms with van der Waals surface area (Å²) >= 11 is 0. The highest BCUT2D eigenvalue weighted by molar-refractivity contribution is 8.71. The number of rotatable bonds is 7. The van der Waals surface area contributed by atoms with Crippen LogP contribution >= 0.6 is 10.8 Å². The summed E-state index contributed by atoms with van der Waals surface area (Å²) in [6, 6.07) is 6.89. The first kappa shape index (κ1) is 16.8. The van der Waals surface area contributed by atoms with Crippen LogP contribution in [0, 0.1) is 0 Å². The topological polar surface area (TPSA) is 72.5 Å². The normalized spacial score (nSPS) is 11.4. The van der Waals surface area contributed by atoms with Gasteiger partial charge >= 0.3 is 5.97 Å². The quantitative estimate of drug-likeness (QED) is 0.473. The van der Waals surface area contributed by atoms with Gasteiger partial charge in [0.05, 0.1) is 11.7 Å². The van der Waals surface area contributed by atoms with Crippen molar-refractivity contribution >= 4 is 31.3 Å². The Morgan fingerprint density at radius 2 is 1.90 bits per heavy atom. The minimum Gasteiger partial charge on any atom is -0.459 e. The van der Waals surface area contributed by atoms with Crippen LogP contribution in [0.4, 0.5) is 5.69 Å². The van der Waals surface area contributed by atoms with Crippen LogP contribution in [-0.4, -0.2) is 39.0 Å². The summed E-state index contributed by atoms with van der Waals surface area (Å²) in [7, 11) is -2.09. The molecule has 0 aliphatic heterocycles. The Labute approximate surface area is 123 Å². The molecule has 0 amide bonds. The van der Waals surface area contributed by atoms with Gasteiger partial charge in [-0.3, -0.25) is 0 Å². The molecule has 0 atom stereocenters. The number of anilines is 1.